The third kappa shape index (κ3) is 1.08. The molecule has 2 unspecified atom stereocenters. The van der Waals surface area contributed by atoms with Crippen LogP contribution in [0.2, 0.25) is 0 Å². The summed E-state index contributed by atoms with van der Waals surface area (Å²) in [5, 5.41) is 9.01. The molecule has 76 valence electrons. The van der Waals surface area contributed by atoms with Crippen molar-refractivity contribution in [3.05, 3.63) is 23.7 Å². The monoisotopic (exact) mass is 194 g/mol. The number of carboxylic acids is 1. The predicted octanol–water partition coefficient (Wildman–Crippen LogP) is 2.41. The lowest BCUT2D eigenvalue weighted by molar-refractivity contribution is -0.139. The Morgan fingerprint density at radius 2 is 2.21 bits per heavy atom. The van der Waals surface area contributed by atoms with Crippen molar-refractivity contribution in [1.82, 2.24) is 0 Å². The molecule has 2 atom stereocenters. The quantitative estimate of drug-likeness (QED) is 0.786. The fraction of sp³-hybridized carbons (Fsp3) is 0.545. The van der Waals surface area contributed by atoms with Crippen molar-refractivity contribution in [2.75, 3.05) is 0 Å². The van der Waals surface area contributed by atoms with Crippen molar-refractivity contribution in [3.8, 4) is 0 Å². The minimum Gasteiger partial charge on any atom is -0.481 e. The van der Waals surface area contributed by atoms with Crippen LogP contribution in [0.3, 0.4) is 0 Å². The molecule has 1 fully saturated rings. The Kier molecular flexibility index (Phi) is 1.74. The fourth-order valence-electron chi connectivity index (χ4n) is 2.29. The predicted molar refractivity (Wildman–Crippen MR) is 51.1 cm³/mol. The zero-order valence-corrected chi connectivity index (χ0v) is 8.57. The molecule has 3 heteroatoms. The number of aliphatic carboxylic acids is 1. The lowest BCUT2D eigenvalue weighted by Crippen LogP contribution is -2.03. The first-order valence-electron chi connectivity index (χ1n) is 4.73. The van der Waals surface area contributed by atoms with Gasteiger partial charge in [-0.25, -0.2) is 0 Å². The zero-order chi connectivity index (χ0) is 10.5. The summed E-state index contributed by atoms with van der Waals surface area (Å²) < 4.78 is 5.34. The zero-order valence-electron chi connectivity index (χ0n) is 8.57. The highest BCUT2D eigenvalue weighted by atomic mass is 16.4. The highest BCUT2D eigenvalue weighted by molar-refractivity contribution is 5.77. The molecule has 0 spiro atoms. The molecule has 14 heavy (non-hydrogen) atoms. The standard InChI is InChI=1S/C11H14O3/c1-6-4-5-14-9(6)7-8(10(12)13)11(7,2)3/h4-5,7-8H,1-3H3,(H,12,13). The molecule has 0 amide bonds. The molecule has 0 aromatic carbocycles. The molecule has 1 saturated carbocycles. The highest BCUT2D eigenvalue weighted by Gasteiger charge is 2.64. The Labute approximate surface area is 82.7 Å². The molecule has 0 saturated heterocycles. The smallest absolute Gasteiger partial charge is 0.307 e. The normalized spacial score (nSPS) is 28.8. The van der Waals surface area contributed by atoms with E-state index >= 15 is 0 Å². The number of hydrogen-bond donors (Lipinski definition) is 1. The summed E-state index contributed by atoms with van der Waals surface area (Å²) in [6.45, 7) is 5.89. The van der Waals surface area contributed by atoms with Gasteiger partial charge in [0.2, 0.25) is 0 Å². The van der Waals surface area contributed by atoms with Crippen molar-refractivity contribution >= 4 is 5.97 Å². The van der Waals surface area contributed by atoms with Crippen LogP contribution in [-0.2, 0) is 4.79 Å². The number of furan rings is 1. The Morgan fingerprint density at radius 3 is 2.57 bits per heavy atom. The van der Waals surface area contributed by atoms with E-state index in [1.807, 2.05) is 26.8 Å². The van der Waals surface area contributed by atoms with Gasteiger partial charge in [0.05, 0.1) is 12.2 Å². The summed E-state index contributed by atoms with van der Waals surface area (Å²) in [5.41, 5.74) is 0.876. The second kappa shape index (κ2) is 2.62. The van der Waals surface area contributed by atoms with Crippen LogP contribution in [-0.4, -0.2) is 11.1 Å². The minimum absolute atomic E-state index is 0.0370. The average molecular weight is 194 g/mol. The molecule has 1 N–H and O–H groups in total. The van der Waals surface area contributed by atoms with Crippen molar-refractivity contribution < 1.29 is 14.3 Å². The Bertz CT molecular complexity index is 376. The third-order valence-corrected chi connectivity index (χ3v) is 3.28. The van der Waals surface area contributed by atoms with Gasteiger partial charge in [-0.3, -0.25) is 4.79 Å². The Morgan fingerprint density at radius 1 is 1.57 bits per heavy atom. The van der Waals surface area contributed by atoms with E-state index in [0.29, 0.717) is 0 Å². The molecular weight excluding hydrogens is 180 g/mol. The molecule has 1 aromatic rings. The van der Waals surface area contributed by atoms with Crippen LogP contribution in [0, 0.1) is 18.3 Å². The van der Waals surface area contributed by atoms with E-state index in [9.17, 15) is 4.79 Å². The molecular formula is C11H14O3. The Hall–Kier alpha value is -1.25. The molecule has 0 aliphatic heterocycles. The second-order valence-electron chi connectivity index (χ2n) is 4.58. The Balaban J connectivity index is 2.32. The van der Waals surface area contributed by atoms with E-state index in [-0.39, 0.29) is 17.3 Å². The molecule has 1 aromatic heterocycles. The van der Waals surface area contributed by atoms with Gasteiger partial charge >= 0.3 is 5.97 Å². The van der Waals surface area contributed by atoms with E-state index in [1.54, 1.807) is 6.26 Å². The lowest BCUT2D eigenvalue weighted by atomic mass is 10.1. The van der Waals surface area contributed by atoms with Crippen LogP contribution in [0.4, 0.5) is 0 Å². The fourth-order valence-corrected chi connectivity index (χ4v) is 2.29. The topological polar surface area (TPSA) is 50.4 Å². The average Bonchev–Trinajstić information content (AvgIpc) is 2.42. The first kappa shape index (κ1) is 9.31. The van der Waals surface area contributed by atoms with E-state index in [2.05, 4.69) is 0 Å². The van der Waals surface area contributed by atoms with Crippen LogP contribution < -0.4 is 0 Å². The number of carboxylic acid groups (broad SMARTS) is 1. The molecule has 2 rings (SSSR count). The summed E-state index contributed by atoms with van der Waals surface area (Å²) in [6, 6.07) is 1.88. The number of carbonyl (C=O) groups is 1. The van der Waals surface area contributed by atoms with Crippen LogP contribution >= 0.6 is 0 Å². The van der Waals surface area contributed by atoms with Gasteiger partial charge in [0.15, 0.2) is 0 Å². The number of rotatable bonds is 2. The van der Waals surface area contributed by atoms with Crippen LogP contribution in [0.1, 0.15) is 31.1 Å². The van der Waals surface area contributed by atoms with Gasteiger partial charge in [-0.15, -0.1) is 0 Å². The molecule has 1 aliphatic carbocycles. The van der Waals surface area contributed by atoms with Crippen molar-refractivity contribution in [2.24, 2.45) is 11.3 Å². The number of aryl methyl sites for hydroxylation is 1. The summed E-state index contributed by atoms with van der Waals surface area (Å²) in [4.78, 5) is 11.0. The van der Waals surface area contributed by atoms with Crippen LogP contribution in [0.25, 0.3) is 0 Å². The third-order valence-electron chi connectivity index (χ3n) is 3.28. The molecule has 3 nitrogen and oxygen atoms in total. The molecule has 0 radical (unpaired) electrons. The van der Waals surface area contributed by atoms with E-state index in [1.165, 1.54) is 0 Å². The van der Waals surface area contributed by atoms with Crippen molar-refractivity contribution in [1.29, 1.82) is 0 Å². The first-order valence-corrected chi connectivity index (χ1v) is 4.73. The van der Waals surface area contributed by atoms with Gasteiger partial charge in [-0.1, -0.05) is 13.8 Å². The van der Waals surface area contributed by atoms with E-state index in [0.717, 1.165) is 11.3 Å². The summed E-state index contributed by atoms with van der Waals surface area (Å²) in [6.07, 6.45) is 1.62. The largest absolute Gasteiger partial charge is 0.481 e. The number of hydrogen-bond acceptors (Lipinski definition) is 2. The van der Waals surface area contributed by atoms with Gasteiger partial charge in [-0.2, -0.15) is 0 Å². The second-order valence-corrected chi connectivity index (χ2v) is 4.58. The van der Waals surface area contributed by atoms with Gasteiger partial charge in [0, 0.05) is 5.92 Å². The summed E-state index contributed by atoms with van der Waals surface area (Å²) >= 11 is 0. The van der Waals surface area contributed by atoms with Gasteiger partial charge in [0.1, 0.15) is 5.76 Å². The molecule has 0 bridgehead atoms. The maximum atomic E-state index is 11.0. The first-order chi connectivity index (χ1) is 6.46. The van der Waals surface area contributed by atoms with E-state index < -0.39 is 5.97 Å². The summed E-state index contributed by atoms with van der Waals surface area (Å²) in [5.74, 6) is -0.152. The van der Waals surface area contributed by atoms with Crippen molar-refractivity contribution in [2.45, 2.75) is 26.7 Å². The highest BCUT2D eigenvalue weighted by Crippen LogP contribution is 2.64. The van der Waals surface area contributed by atoms with Crippen LogP contribution in [0.5, 0.6) is 0 Å². The SMILES string of the molecule is Cc1ccoc1C1C(C(=O)O)C1(C)C. The van der Waals surface area contributed by atoms with Gasteiger partial charge < -0.3 is 9.52 Å². The minimum atomic E-state index is -0.726. The van der Waals surface area contributed by atoms with E-state index in [4.69, 9.17) is 9.52 Å². The van der Waals surface area contributed by atoms with Crippen LogP contribution in [0.15, 0.2) is 16.7 Å². The van der Waals surface area contributed by atoms with Crippen molar-refractivity contribution in [3.63, 3.8) is 0 Å². The molecule has 1 heterocycles. The van der Waals surface area contributed by atoms with Gasteiger partial charge in [-0.05, 0) is 24.0 Å². The molecule has 1 aliphatic rings. The van der Waals surface area contributed by atoms with Gasteiger partial charge in [0.25, 0.3) is 0 Å². The maximum absolute atomic E-state index is 11.0. The summed E-state index contributed by atoms with van der Waals surface area (Å²) in [7, 11) is 0. The maximum Gasteiger partial charge on any atom is 0.307 e. The lowest BCUT2D eigenvalue weighted by Gasteiger charge is -1.99.